The Labute approximate surface area is 162 Å². The van der Waals surface area contributed by atoms with Crippen LogP contribution in [0.4, 0.5) is 5.69 Å². The average Bonchev–Trinajstić information content (AvgIpc) is 2.74. The number of hydrazone groups is 1. The number of carbonyl (C=O) groups excluding carboxylic acids is 2. The summed E-state index contributed by atoms with van der Waals surface area (Å²) in [5.74, 6) is -0.958. The first-order chi connectivity index (χ1) is 13.7. The molecular weight excluding hydrogens is 354 g/mol. The van der Waals surface area contributed by atoms with Gasteiger partial charge in [-0.1, -0.05) is 60.7 Å². The SMILES string of the molecule is O=C(NN=Cc1cccc(OCc2ccccc2)c1)C(=O)Nc1ccccc1. The van der Waals surface area contributed by atoms with E-state index in [9.17, 15) is 9.59 Å². The standard InChI is InChI=1S/C22H19N3O3/c26-21(24-19-11-5-2-6-12-19)22(27)25-23-15-18-10-7-13-20(14-18)28-16-17-8-3-1-4-9-17/h1-15H,16H2,(H,24,26)(H,25,27). The highest BCUT2D eigenvalue weighted by molar-refractivity contribution is 6.39. The Morgan fingerprint density at radius 2 is 1.57 bits per heavy atom. The highest BCUT2D eigenvalue weighted by atomic mass is 16.5. The van der Waals surface area contributed by atoms with Crippen molar-refractivity contribution in [2.24, 2.45) is 5.10 Å². The summed E-state index contributed by atoms with van der Waals surface area (Å²) in [7, 11) is 0. The number of amides is 2. The van der Waals surface area contributed by atoms with E-state index in [1.54, 1.807) is 30.3 Å². The summed E-state index contributed by atoms with van der Waals surface area (Å²) < 4.78 is 5.75. The molecule has 0 aromatic heterocycles. The number of hydrogen-bond donors (Lipinski definition) is 2. The maximum absolute atomic E-state index is 11.8. The summed E-state index contributed by atoms with van der Waals surface area (Å²) in [5, 5.41) is 6.31. The second kappa shape index (κ2) is 9.68. The number of nitrogens with zero attached hydrogens (tertiary/aromatic N) is 1. The molecule has 0 fully saturated rings. The van der Waals surface area contributed by atoms with Crippen LogP contribution in [-0.2, 0) is 16.2 Å². The van der Waals surface area contributed by atoms with Crippen LogP contribution >= 0.6 is 0 Å². The van der Waals surface area contributed by atoms with Gasteiger partial charge in [-0.25, -0.2) is 5.43 Å². The summed E-state index contributed by atoms with van der Waals surface area (Å²) in [5.41, 5.74) is 4.54. The molecule has 0 unspecified atom stereocenters. The van der Waals surface area contributed by atoms with Crippen LogP contribution in [0.15, 0.2) is 90.0 Å². The largest absolute Gasteiger partial charge is 0.489 e. The third-order valence-corrected chi connectivity index (χ3v) is 3.72. The van der Waals surface area contributed by atoms with Gasteiger partial charge in [-0.3, -0.25) is 9.59 Å². The van der Waals surface area contributed by atoms with Crippen LogP contribution in [0.2, 0.25) is 0 Å². The van der Waals surface area contributed by atoms with Crippen LogP contribution in [0.5, 0.6) is 5.75 Å². The smallest absolute Gasteiger partial charge is 0.329 e. The molecule has 0 radical (unpaired) electrons. The van der Waals surface area contributed by atoms with Gasteiger partial charge in [0.15, 0.2) is 0 Å². The Morgan fingerprint density at radius 3 is 2.32 bits per heavy atom. The van der Waals surface area contributed by atoms with Gasteiger partial charge in [-0.2, -0.15) is 5.10 Å². The van der Waals surface area contributed by atoms with E-state index in [4.69, 9.17) is 4.74 Å². The molecule has 0 aliphatic carbocycles. The van der Waals surface area contributed by atoms with Crippen LogP contribution < -0.4 is 15.5 Å². The van der Waals surface area contributed by atoms with Crippen molar-refractivity contribution in [1.82, 2.24) is 5.43 Å². The van der Waals surface area contributed by atoms with Crippen LogP contribution in [0, 0.1) is 0 Å². The van der Waals surface area contributed by atoms with Crippen LogP contribution in [-0.4, -0.2) is 18.0 Å². The highest BCUT2D eigenvalue weighted by Gasteiger charge is 2.12. The predicted molar refractivity (Wildman–Crippen MR) is 108 cm³/mol. The van der Waals surface area contributed by atoms with E-state index in [0.29, 0.717) is 18.0 Å². The van der Waals surface area contributed by atoms with E-state index in [0.717, 1.165) is 11.1 Å². The first kappa shape index (κ1) is 18.8. The van der Waals surface area contributed by atoms with E-state index in [-0.39, 0.29) is 0 Å². The quantitative estimate of drug-likeness (QED) is 0.395. The Balaban J connectivity index is 1.51. The number of carbonyl (C=O) groups is 2. The Kier molecular flexibility index (Phi) is 6.52. The van der Waals surface area contributed by atoms with Crippen molar-refractivity contribution < 1.29 is 14.3 Å². The Hall–Kier alpha value is -3.93. The number of ether oxygens (including phenoxy) is 1. The molecule has 3 rings (SSSR count). The van der Waals surface area contributed by atoms with Gasteiger partial charge >= 0.3 is 11.8 Å². The fourth-order valence-electron chi connectivity index (χ4n) is 2.35. The molecule has 0 aliphatic rings. The molecule has 0 saturated carbocycles. The molecule has 0 aliphatic heterocycles. The van der Waals surface area contributed by atoms with Gasteiger partial charge in [-0.15, -0.1) is 0 Å². The third-order valence-electron chi connectivity index (χ3n) is 3.72. The highest BCUT2D eigenvalue weighted by Crippen LogP contribution is 2.14. The zero-order chi connectivity index (χ0) is 19.6. The number of benzene rings is 3. The fourth-order valence-corrected chi connectivity index (χ4v) is 2.35. The molecule has 28 heavy (non-hydrogen) atoms. The van der Waals surface area contributed by atoms with Gasteiger partial charge in [-0.05, 0) is 35.4 Å². The maximum Gasteiger partial charge on any atom is 0.329 e. The van der Waals surface area contributed by atoms with Crippen LogP contribution in [0.1, 0.15) is 11.1 Å². The monoisotopic (exact) mass is 373 g/mol. The Morgan fingerprint density at radius 1 is 0.857 bits per heavy atom. The minimum absolute atomic E-state index is 0.456. The molecule has 2 amide bonds. The molecule has 0 heterocycles. The molecule has 0 spiro atoms. The zero-order valence-corrected chi connectivity index (χ0v) is 15.0. The van der Waals surface area contributed by atoms with Crippen molar-refractivity contribution in [3.63, 3.8) is 0 Å². The lowest BCUT2D eigenvalue weighted by atomic mass is 10.2. The van der Waals surface area contributed by atoms with Gasteiger partial charge in [0.2, 0.25) is 0 Å². The first-order valence-corrected chi connectivity index (χ1v) is 8.67. The minimum atomic E-state index is -0.850. The molecule has 0 bridgehead atoms. The van der Waals surface area contributed by atoms with Crippen molar-refractivity contribution in [3.8, 4) is 5.75 Å². The van der Waals surface area contributed by atoms with Crippen molar-refractivity contribution in [2.45, 2.75) is 6.61 Å². The lowest BCUT2D eigenvalue weighted by Gasteiger charge is -2.06. The molecule has 3 aromatic carbocycles. The van der Waals surface area contributed by atoms with E-state index >= 15 is 0 Å². The summed E-state index contributed by atoms with van der Waals surface area (Å²) in [4.78, 5) is 23.6. The second-order valence-corrected chi connectivity index (χ2v) is 5.87. The predicted octanol–water partition coefficient (Wildman–Crippen LogP) is 3.35. The van der Waals surface area contributed by atoms with E-state index in [1.165, 1.54) is 6.21 Å². The van der Waals surface area contributed by atoms with Gasteiger partial charge < -0.3 is 10.1 Å². The van der Waals surface area contributed by atoms with E-state index in [2.05, 4.69) is 15.8 Å². The zero-order valence-electron chi connectivity index (χ0n) is 15.0. The van der Waals surface area contributed by atoms with Crippen molar-refractivity contribution in [2.75, 3.05) is 5.32 Å². The lowest BCUT2D eigenvalue weighted by molar-refractivity contribution is -0.136. The topological polar surface area (TPSA) is 79.8 Å². The number of anilines is 1. The summed E-state index contributed by atoms with van der Waals surface area (Å²) >= 11 is 0. The fraction of sp³-hybridized carbons (Fsp3) is 0.0455. The molecule has 140 valence electrons. The minimum Gasteiger partial charge on any atom is -0.489 e. The number of para-hydroxylation sites is 1. The van der Waals surface area contributed by atoms with Crippen molar-refractivity contribution >= 4 is 23.7 Å². The molecule has 0 atom stereocenters. The second-order valence-electron chi connectivity index (χ2n) is 5.87. The molecule has 2 N–H and O–H groups in total. The van der Waals surface area contributed by atoms with Gasteiger partial charge in [0.1, 0.15) is 12.4 Å². The Bertz CT molecular complexity index is 957. The third kappa shape index (κ3) is 5.81. The lowest BCUT2D eigenvalue weighted by Crippen LogP contribution is -2.32. The normalized spacial score (nSPS) is 10.4. The number of hydrogen-bond acceptors (Lipinski definition) is 4. The summed E-state index contributed by atoms with van der Waals surface area (Å²) in [6.45, 7) is 0.456. The number of nitrogens with one attached hydrogen (secondary N) is 2. The molecule has 0 saturated heterocycles. The van der Waals surface area contributed by atoms with Crippen LogP contribution in [0.3, 0.4) is 0 Å². The average molecular weight is 373 g/mol. The molecule has 6 heteroatoms. The van der Waals surface area contributed by atoms with Gasteiger partial charge in [0.25, 0.3) is 0 Å². The molecule has 6 nitrogen and oxygen atoms in total. The van der Waals surface area contributed by atoms with E-state index in [1.807, 2.05) is 54.6 Å². The maximum atomic E-state index is 11.8. The van der Waals surface area contributed by atoms with Crippen molar-refractivity contribution in [3.05, 3.63) is 96.1 Å². The first-order valence-electron chi connectivity index (χ1n) is 8.67. The van der Waals surface area contributed by atoms with Gasteiger partial charge in [0, 0.05) is 5.69 Å². The van der Waals surface area contributed by atoms with Gasteiger partial charge in [0.05, 0.1) is 6.21 Å². The van der Waals surface area contributed by atoms with Crippen LogP contribution in [0.25, 0.3) is 0 Å². The molecular formula is C22H19N3O3. The molecule has 3 aromatic rings. The summed E-state index contributed by atoms with van der Waals surface area (Å²) in [6, 6.07) is 25.8. The number of rotatable bonds is 6. The van der Waals surface area contributed by atoms with Crippen molar-refractivity contribution in [1.29, 1.82) is 0 Å². The summed E-state index contributed by atoms with van der Waals surface area (Å²) in [6.07, 6.45) is 1.45. The van der Waals surface area contributed by atoms with E-state index < -0.39 is 11.8 Å².